The minimum absolute atomic E-state index is 0.702. The molecule has 0 radical (unpaired) electrons. The van der Waals surface area contributed by atoms with Crippen LogP contribution in [0.15, 0.2) is 30.9 Å². The second-order valence-electron chi connectivity index (χ2n) is 3.68. The Bertz CT molecular complexity index is 429. The van der Waals surface area contributed by atoms with Crippen LogP contribution in [0.4, 0.5) is 0 Å². The zero-order chi connectivity index (χ0) is 9.38. The molecule has 1 aliphatic carbocycles. The van der Waals surface area contributed by atoms with E-state index < -0.39 is 0 Å². The third-order valence-corrected chi connectivity index (χ3v) is 2.59. The molecule has 0 aliphatic heterocycles. The van der Waals surface area contributed by atoms with Crippen molar-refractivity contribution in [2.45, 2.75) is 18.8 Å². The van der Waals surface area contributed by atoms with Gasteiger partial charge in [0.25, 0.3) is 0 Å². The van der Waals surface area contributed by atoms with Crippen LogP contribution in [-0.4, -0.2) is 15.0 Å². The largest absolute Gasteiger partial charge is 0.348 e. The molecule has 1 saturated carbocycles. The Morgan fingerprint density at radius 1 is 1.36 bits per heavy atom. The van der Waals surface area contributed by atoms with Gasteiger partial charge < -0.3 is 4.98 Å². The first-order valence-electron chi connectivity index (χ1n) is 4.89. The average Bonchev–Trinajstić information content (AvgIpc) is 2.98. The van der Waals surface area contributed by atoms with Crippen LogP contribution >= 0.6 is 0 Å². The van der Waals surface area contributed by atoms with Gasteiger partial charge in [0.1, 0.15) is 0 Å². The van der Waals surface area contributed by atoms with Gasteiger partial charge in [0.15, 0.2) is 0 Å². The summed E-state index contributed by atoms with van der Waals surface area (Å²) in [4.78, 5) is 11.7. The molecule has 1 fully saturated rings. The molecule has 0 spiro atoms. The third-order valence-electron chi connectivity index (χ3n) is 2.59. The normalized spacial score (nSPS) is 15.7. The fraction of sp³-hybridized carbons (Fsp3) is 0.273. The van der Waals surface area contributed by atoms with Crippen molar-refractivity contribution in [2.75, 3.05) is 0 Å². The maximum Gasteiger partial charge on any atom is 0.0930 e. The number of aromatic amines is 1. The predicted octanol–water partition coefficient (Wildman–Crippen LogP) is 2.35. The number of nitrogens with one attached hydrogen (secondary N) is 1. The Labute approximate surface area is 82.2 Å². The highest BCUT2D eigenvalue weighted by molar-refractivity contribution is 5.61. The number of aromatic nitrogens is 3. The van der Waals surface area contributed by atoms with Gasteiger partial charge in [-0.05, 0) is 25.0 Å². The van der Waals surface area contributed by atoms with Crippen molar-refractivity contribution in [1.82, 2.24) is 15.0 Å². The van der Waals surface area contributed by atoms with E-state index >= 15 is 0 Å². The summed E-state index contributed by atoms with van der Waals surface area (Å²) in [5.41, 5.74) is 3.45. The smallest absolute Gasteiger partial charge is 0.0930 e. The molecule has 1 N–H and O–H groups in total. The van der Waals surface area contributed by atoms with E-state index in [2.05, 4.69) is 21.0 Å². The molecule has 0 aromatic carbocycles. The summed E-state index contributed by atoms with van der Waals surface area (Å²) in [5, 5.41) is 0. The van der Waals surface area contributed by atoms with Crippen LogP contribution in [0.3, 0.4) is 0 Å². The molecule has 2 aromatic rings. The van der Waals surface area contributed by atoms with Crippen molar-refractivity contribution >= 4 is 0 Å². The quantitative estimate of drug-likeness (QED) is 0.780. The van der Waals surface area contributed by atoms with Crippen LogP contribution in [0.5, 0.6) is 0 Å². The van der Waals surface area contributed by atoms with Gasteiger partial charge in [0.2, 0.25) is 0 Å². The van der Waals surface area contributed by atoms with E-state index in [1.54, 1.807) is 12.5 Å². The van der Waals surface area contributed by atoms with Crippen LogP contribution in [0, 0.1) is 0 Å². The maximum atomic E-state index is 4.35. The molecule has 0 unspecified atom stereocenters. The number of rotatable bonds is 2. The highest BCUT2D eigenvalue weighted by Gasteiger charge is 2.28. The summed E-state index contributed by atoms with van der Waals surface area (Å²) >= 11 is 0. The van der Waals surface area contributed by atoms with Crippen molar-refractivity contribution in [3.05, 3.63) is 36.5 Å². The zero-order valence-electron chi connectivity index (χ0n) is 7.77. The van der Waals surface area contributed by atoms with Crippen LogP contribution in [0.2, 0.25) is 0 Å². The van der Waals surface area contributed by atoms with E-state index in [0.717, 1.165) is 11.3 Å². The summed E-state index contributed by atoms with van der Waals surface area (Å²) in [6.45, 7) is 0. The molecule has 0 atom stereocenters. The molecule has 2 aromatic heterocycles. The molecule has 1 aliphatic rings. The van der Waals surface area contributed by atoms with Crippen LogP contribution in [0.25, 0.3) is 11.3 Å². The summed E-state index contributed by atoms with van der Waals surface area (Å²) in [6.07, 6.45) is 8.00. The lowest BCUT2D eigenvalue weighted by Crippen LogP contribution is -1.86. The minimum Gasteiger partial charge on any atom is -0.348 e. The van der Waals surface area contributed by atoms with Crippen molar-refractivity contribution in [1.29, 1.82) is 0 Å². The Morgan fingerprint density at radius 2 is 2.29 bits per heavy atom. The molecule has 14 heavy (non-hydrogen) atoms. The predicted molar refractivity (Wildman–Crippen MR) is 53.8 cm³/mol. The van der Waals surface area contributed by atoms with Crippen molar-refractivity contribution in [3.63, 3.8) is 0 Å². The second kappa shape index (κ2) is 2.94. The molecule has 3 nitrogen and oxygen atoms in total. The maximum absolute atomic E-state index is 4.35. The number of pyridine rings is 1. The molecule has 0 amide bonds. The monoisotopic (exact) mass is 185 g/mol. The van der Waals surface area contributed by atoms with Gasteiger partial charge in [-0.1, -0.05) is 0 Å². The van der Waals surface area contributed by atoms with Crippen LogP contribution in [-0.2, 0) is 0 Å². The van der Waals surface area contributed by atoms with E-state index in [0.29, 0.717) is 5.92 Å². The lowest BCUT2D eigenvalue weighted by Gasteiger charge is -1.99. The third kappa shape index (κ3) is 1.21. The molecule has 3 rings (SSSR count). The summed E-state index contributed by atoms with van der Waals surface area (Å²) in [7, 11) is 0. The fourth-order valence-corrected chi connectivity index (χ4v) is 1.72. The van der Waals surface area contributed by atoms with Crippen LogP contribution < -0.4 is 0 Å². The summed E-state index contributed by atoms with van der Waals surface area (Å²) in [5.74, 6) is 0.702. The molecular formula is C11H11N3. The van der Waals surface area contributed by atoms with E-state index in [9.17, 15) is 0 Å². The second-order valence-corrected chi connectivity index (χ2v) is 3.68. The minimum atomic E-state index is 0.702. The first kappa shape index (κ1) is 7.74. The van der Waals surface area contributed by atoms with Gasteiger partial charge in [-0.2, -0.15) is 0 Å². The van der Waals surface area contributed by atoms with Gasteiger partial charge in [0.05, 0.1) is 12.0 Å². The highest BCUT2D eigenvalue weighted by Crippen LogP contribution is 2.42. The van der Waals surface area contributed by atoms with Gasteiger partial charge >= 0.3 is 0 Å². The van der Waals surface area contributed by atoms with Gasteiger partial charge in [-0.3, -0.25) is 4.98 Å². The fourth-order valence-electron chi connectivity index (χ4n) is 1.72. The topological polar surface area (TPSA) is 41.6 Å². The Morgan fingerprint density at radius 3 is 3.00 bits per heavy atom. The number of hydrogen-bond donors (Lipinski definition) is 1. The zero-order valence-corrected chi connectivity index (χ0v) is 7.77. The van der Waals surface area contributed by atoms with E-state index in [1.807, 2.05) is 12.3 Å². The number of imidazole rings is 1. The van der Waals surface area contributed by atoms with E-state index in [-0.39, 0.29) is 0 Å². The summed E-state index contributed by atoms with van der Waals surface area (Å²) in [6, 6.07) is 4.00. The number of hydrogen-bond acceptors (Lipinski definition) is 2. The van der Waals surface area contributed by atoms with Crippen molar-refractivity contribution in [3.8, 4) is 11.3 Å². The highest BCUT2D eigenvalue weighted by atomic mass is 14.9. The standard InChI is InChI=1S/C11H11N3/c1-2-9(6-12-5-1)11-10(8-3-4-8)13-7-14-11/h1-2,5-8H,3-4H2,(H,13,14). The summed E-state index contributed by atoms with van der Waals surface area (Å²) < 4.78 is 0. The lowest BCUT2D eigenvalue weighted by molar-refractivity contribution is 1.05. The Hall–Kier alpha value is -1.64. The SMILES string of the molecule is c1cncc(-c2nc[nH]c2C2CC2)c1. The number of H-pyrrole nitrogens is 1. The molecule has 70 valence electrons. The first-order valence-corrected chi connectivity index (χ1v) is 4.89. The molecule has 0 saturated heterocycles. The van der Waals surface area contributed by atoms with Crippen molar-refractivity contribution in [2.24, 2.45) is 0 Å². The Balaban J connectivity index is 2.07. The molecule has 0 bridgehead atoms. The molecule has 2 heterocycles. The first-order chi connectivity index (χ1) is 6.95. The van der Waals surface area contributed by atoms with Gasteiger partial charge in [-0.15, -0.1) is 0 Å². The molecule has 3 heteroatoms. The Kier molecular flexibility index (Phi) is 1.63. The van der Waals surface area contributed by atoms with E-state index in [1.165, 1.54) is 18.5 Å². The van der Waals surface area contributed by atoms with Crippen LogP contribution in [0.1, 0.15) is 24.5 Å². The molecular weight excluding hydrogens is 174 g/mol. The number of nitrogens with zero attached hydrogens (tertiary/aromatic N) is 2. The van der Waals surface area contributed by atoms with E-state index in [4.69, 9.17) is 0 Å². The van der Waals surface area contributed by atoms with Gasteiger partial charge in [-0.25, -0.2) is 4.98 Å². The lowest BCUT2D eigenvalue weighted by atomic mass is 10.1. The van der Waals surface area contributed by atoms with Gasteiger partial charge in [0, 0.05) is 29.6 Å². The average molecular weight is 185 g/mol. The van der Waals surface area contributed by atoms with Crippen molar-refractivity contribution < 1.29 is 0 Å².